The summed E-state index contributed by atoms with van der Waals surface area (Å²) in [5.41, 5.74) is 1.34. The fourth-order valence-electron chi connectivity index (χ4n) is 0.807. The molecule has 3 heteroatoms. The molecule has 1 rings (SSSR count). The van der Waals surface area contributed by atoms with E-state index in [1.807, 2.05) is 0 Å². The zero-order valence-corrected chi connectivity index (χ0v) is 9.41. The van der Waals surface area contributed by atoms with Crippen LogP contribution in [0.5, 0.6) is 0 Å². The van der Waals surface area contributed by atoms with Crippen molar-refractivity contribution in [1.29, 1.82) is 0 Å². The molecule has 1 aromatic rings. The van der Waals surface area contributed by atoms with Crippen LogP contribution in [-0.2, 0) is 4.79 Å². The van der Waals surface area contributed by atoms with Crippen molar-refractivity contribution in [2.24, 2.45) is 0 Å². The zero-order chi connectivity index (χ0) is 11.7. The van der Waals surface area contributed by atoms with Crippen LogP contribution in [0.4, 0.5) is 0 Å². The van der Waals surface area contributed by atoms with Crippen LogP contribution in [0, 0.1) is 0 Å². The molecule has 1 aromatic heterocycles. The molecule has 0 atom stereocenters. The fraction of sp³-hybridized carbons (Fsp3) is 0.333. The standard InChI is InChI=1S/C9H9NO2.C3H8.H2/c1-7(12)2-3-8-4-9(6-11)10-5-8;1-3-2;/h2-6,10H,1H3;3H2,1-2H3;1H/b3-2+;;. The second-order valence-electron chi connectivity index (χ2n) is 3.16. The lowest BCUT2D eigenvalue weighted by Crippen LogP contribution is -1.78. The van der Waals surface area contributed by atoms with Gasteiger partial charge in [0.25, 0.3) is 0 Å². The van der Waals surface area contributed by atoms with E-state index < -0.39 is 0 Å². The summed E-state index contributed by atoms with van der Waals surface area (Å²) in [5.74, 6) is -0.0103. The topological polar surface area (TPSA) is 49.9 Å². The molecule has 0 aliphatic heterocycles. The molecule has 15 heavy (non-hydrogen) atoms. The van der Waals surface area contributed by atoms with Crippen molar-refractivity contribution >= 4 is 18.1 Å². The van der Waals surface area contributed by atoms with Crippen molar-refractivity contribution in [2.45, 2.75) is 27.2 Å². The van der Waals surface area contributed by atoms with Gasteiger partial charge in [-0.3, -0.25) is 9.59 Å². The van der Waals surface area contributed by atoms with E-state index in [0.717, 1.165) is 11.8 Å². The van der Waals surface area contributed by atoms with Gasteiger partial charge in [0, 0.05) is 7.62 Å². The molecule has 0 saturated heterocycles. The lowest BCUT2D eigenvalue weighted by Gasteiger charge is -1.79. The van der Waals surface area contributed by atoms with Crippen molar-refractivity contribution in [2.75, 3.05) is 0 Å². The Hall–Kier alpha value is -1.64. The third kappa shape index (κ3) is 6.43. The largest absolute Gasteiger partial charge is 0.358 e. The molecule has 0 saturated carbocycles. The van der Waals surface area contributed by atoms with E-state index in [4.69, 9.17) is 0 Å². The highest BCUT2D eigenvalue weighted by Crippen LogP contribution is 2.03. The summed E-state index contributed by atoms with van der Waals surface area (Å²) < 4.78 is 0. The number of carbonyl (C=O) groups excluding carboxylic acids is 2. The number of nitrogens with one attached hydrogen (secondary N) is 1. The molecule has 0 aliphatic carbocycles. The van der Waals surface area contributed by atoms with E-state index in [2.05, 4.69) is 18.8 Å². The lowest BCUT2D eigenvalue weighted by molar-refractivity contribution is -0.112. The second kappa shape index (κ2) is 7.74. The number of ketones is 1. The normalized spacial score (nSPS) is 9.53. The van der Waals surface area contributed by atoms with Gasteiger partial charge < -0.3 is 4.98 Å². The Morgan fingerprint density at radius 2 is 2.13 bits per heavy atom. The third-order valence-corrected chi connectivity index (χ3v) is 1.37. The Morgan fingerprint density at radius 1 is 1.53 bits per heavy atom. The number of rotatable bonds is 3. The van der Waals surface area contributed by atoms with E-state index in [9.17, 15) is 9.59 Å². The number of H-pyrrole nitrogens is 1. The predicted octanol–water partition coefficient (Wildman–Crippen LogP) is 3.09. The van der Waals surface area contributed by atoms with Gasteiger partial charge in [0.1, 0.15) is 0 Å². The Morgan fingerprint density at radius 3 is 2.53 bits per heavy atom. The minimum Gasteiger partial charge on any atom is -0.358 e. The number of carbonyl (C=O) groups is 2. The summed E-state index contributed by atoms with van der Waals surface area (Å²) in [7, 11) is 0. The highest BCUT2D eigenvalue weighted by atomic mass is 16.1. The van der Waals surface area contributed by atoms with E-state index in [1.165, 1.54) is 19.4 Å². The van der Waals surface area contributed by atoms with Crippen LogP contribution >= 0.6 is 0 Å². The van der Waals surface area contributed by atoms with Gasteiger partial charge >= 0.3 is 0 Å². The first kappa shape index (κ1) is 13.4. The van der Waals surface area contributed by atoms with Gasteiger partial charge in [-0.2, -0.15) is 0 Å². The summed E-state index contributed by atoms with van der Waals surface area (Å²) in [4.78, 5) is 23.5. The molecular formula is C12H19NO2. The average molecular weight is 209 g/mol. The third-order valence-electron chi connectivity index (χ3n) is 1.37. The number of aromatic nitrogens is 1. The molecule has 0 amide bonds. The Balaban J connectivity index is 0. The van der Waals surface area contributed by atoms with Gasteiger partial charge in [-0.1, -0.05) is 20.3 Å². The number of hydrogen-bond donors (Lipinski definition) is 1. The van der Waals surface area contributed by atoms with E-state index >= 15 is 0 Å². The summed E-state index contributed by atoms with van der Waals surface area (Å²) in [6.07, 6.45) is 6.76. The average Bonchev–Trinajstić information content (AvgIpc) is 2.63. The minimum absolute atomic E-state index is 0. The molecule has 3 nitrogen and oxygen atoms in total. The summed E-state index contributed by atoms with van der Waals surface area (Å²) >= 11 is 0. The molecule has 1 N–H and O–H groups in total. The quantitative estimate of drug-likeness (QED) is 0.614. The van der Waals surface area contributed by atoms with Gasteiger partial charge in [0.05, 0.1) is 5.69 Å². The van der Waals surface area contributed by atoms with Gasteiger partial charge in [0.2, 0.25) is 0 Å². The molecule has 84 valence electrons. The molecular weight excluding hydrogens is 190 g/mol. The number of aromatic amines is 1. The van der Waals surface area contributed by atoms with Crippen molar-refractivity contribution in [3.63, 3.8) is 0 Å². The monoisotopic (exact) mass is 209 g/mol. The molecule has 1 heterocycles. The molecule has 0 spiro atoms. The SMILES string of the molecule is CC(=O)/C=C/c1c[nH]c(C=O)c1.CCC.[HH]. The Bertz CT molecular complexity index is 343. The molecule has 0 radical (unpaired) electrons. The maximum Gasteiger partial charge on any atom is 0.166 e. The fourth-order valence-corrected chi connectivity index (χ4v) is 0.807. The smallest absolute Gasteiger partial charge is 0.166 e. The van der Waals surface area contributed by atoms with E-state index in [0.29, 0.717) is 5.69 Å². The van der Waals surface area contributed by atoms with Crippen molar-refractivity contribution in [1.82, 2.24) is 4.98 Å². The van der Waals surface area contributed by atoms with Gasteiger partial charge in [-0.15, -0.1) is 0 Å². The second-order valence-corrected chi connectivity index (χ2v) is 3.16. The highest BCUT2D eigenvalue weighted by molar-refractivity contribution is 5.91. The van der Waals surface area contributed by atoms with Gasteiger partial charge in [-0.25, -0.2) is 0 Å². The van der Waals surface area contributed by atoms with Crippen molar-refractivity contribution in [3.8, 4) is 0 Å². The van der Waals surface area contributed by atoms with Gasteiger partial charge in [-0.05, 0) is 30.7 Å². The van der Waals surface area contributed by atoms with Crippen LogP contribution in [0.15, 0.2) is 18.3 Å². The van der Waals surface area contributed by atoms with Crippen molar-refractivity contribution < 1.29 is 11.0 Å². The number of hydrogen-bond acceptors (Lipinski definition) is 2. The number of aldehydes is 1. The molecule has 0 bridgehead atoms. The maximum atomic E-state index is 10.5. The maximum absolute atomic E-state index is 10.5. The summed E-state index contributed by atoms with van der Waals surface area (Å²) in [6, 6.07) is 1.67. The van der Waals surface area contributed by atoms with Crippen molar-refractivity contribution in [3.05, 3.63) is 29.6 Å². The van der Waals surface area contributed by atoms with E-state index in [1.54, 1.807) is 18.3 Å². The number of allylic oxidation sites excluding steroid dienone is 1. The first-order valence-corrected chi connectivity index (χ1v) is 4.96. The first-order chi connectivity index (χ1) is 7.13. The van der Waals surface area contributed by atoms with Crippen LogP contribution < -0.4 is 0 Å². The summed E-state index contributed by atoms with van der Waals surface area (Å²) in [5, 5.41) is 0. The molecule has 0 aromatic carbocycles. The molecule has 0 aliphatic rings. The molecule has 0 unspecified atom stereocenters. The van der Waals surface area contributed by atoms with Gasteiger partial charge in [0.15, 0.2) is 12.1 Å². The minimum atomic E-state index is -0.0103. The van der Waals surface area contributed by atoms with Crippen LogP contribution in [0.3, 0.4) is 0 Å². The van der Waals surface area contributed by atoms with Crippen LogP contribution in [0.25, 0.3) is 6.08 Å². The van der Waals surface area contributed by atoms with E-state index in [-0.39, 0.29) is 7.21 Å². The van der Waals surface area contributed by atoms with Crippen LogP contribution in [-0.4, -0.2) is 17.1 Å². The summed E-state index contributed by atoms with van der Waals surface area (Å²) in [6.45, 7) is 5.73. The highest BCUT2D eigenvalue weighted by Gasteiger charge is 1.93. The first-order valence-electron chi connectivity index (χ1n) is 4.96. The van der Waals surface area contributed by atoms with Crippen LogP contribution in [0.2, 0.25) is 0 Å². The molecule has 0 fully saturated rings. The lowest BCUT2D eigenvalue weighted by atomic mass is 10.2. The Kier molecular flexibility index (Phi) is 6.89. The van der Waals surface area contributed by atoms with Crippen LogP contribution in [0.1, 0.15) is 44.7 Å². The Labute approximate surface area is 91.7 Å². The zero-order valence-electron chi connectivity index (χ0n) is 9.41. The predicted molar refractivity (Wildman–Crippen MR) is 64.0 cm³/mol.